The summed E-state index contributed by atoms with van der Waals surface area (Å²) in [5.41, 5.74) is -1.10. The first-order chi connectivity index (χ1) is 12.3. The van der Waals surface area contributed by atoms with Crippen LogP contribution in [0, 0.1) is 17.5 Å². The Balaban J connectivity index is 2.39. The Morgan fingerprint density at radius 1 is 1.00 bits per heavy atom. The van der Waals surface area contributed by atoms with Gasteiger partial charge in [-0.2, -0.15) is 0 Å². The van der Waals surface area contributed by atoms with Crippen molar-refractivity contribution in [3.05, 3.63) is 53.3 Å². The molecule has 2 N–H and O–H groups in total. The topological polar surface area (TPSA) is 58.2 Å². The molecule has 0 aliphatic carbocycles. The second-order valence-corrected chi connectivity index (χ2v) is 7.54. The van der Waals surface area contributed by atoms with E-state index in [4.69, 9.17) is 11.6 Å². The summed E-state index contributed by atoms with van der Waals surface area (Å²) in [6.45, 7) is -0.892. The average Bonchev–Trinajstić information content (AvgIpc) is 2.60. The highest BCUT2D eigenvalue weighted by atomic mass is 35.5. The number of anilines is 3. The van der Waals surface area contributed by atoms with E-state index in [1.165, 1.54) is 6.07 Å². The molecule has 0 heterocycles. The van der Waals surface area contributed by atoms with Crippen LogP contribution in [0.2, 0.25) is 0 Å². The van der Waals surface area contributed by atoms with Gasteiger partial charge in [0.05, 0.1) is 17.1 Å². The molecule has 0 aliphatic rings. The van der Waals surface area contributed by atoms with Gasteiger partial charge < -0.3 is 5.32 Å². The van der Waals surface area contributed by atoms with Crippen molar-refractivity contribution in [3.8, 4) is 0 Å². The minimum Gasteiger partial charge on any atom is -0.349 e. The molecule has 10 heteroatoms. The van der Waals surface area contributed by atoms with E-state index in [1.807, 2.05) is 0 Å². The fourth-order valence-corrected chi connectivity index (χ4v) is 3.52. The molecule has 4 nitrogen and oxygen atoms in total. The molecule has 0 saturated heterocycles. The SMILES string of the molecule is O=S(=O)(CCCCl)Nc1ccc(F)c(F)c1Nc1ccc(CF)cc1F. The van der Waals surface area contributed by atoms with Crippen LogP contribution >= 0.6 is 11.6 Å². The van der Waals surface area contributed by atoms with Gasteiger partial charge in [0.2, 0.25) is 10.0 Å². The van der Waals surface area contributed by atoms with Crippen LogP contribution in [0.4, 0.5) is 34.6 Å². The summed E-state index contributed by atoms with van der Waals surface area (Å²) in [6.07, 6.45) is 0.155. The van der Waals surface area contributed by atoms with Crippen LogP contribution < -0.4 is 10.0 Å². The smallest absolute Gasteiger partial charge is 0.232 e. The third kappa shape index (κ3) is 5.01. The van der Waals surface area contributed by atoms with Gasteiger partial charge in [0.1, 0.15) is 18.2 Å². The molecule has 0 aliphatic heterocycles. The number of hydrogen-bond donors (Lipinski definition) is 2. The molecule has 2 aromatic rings. The van der Waals surface area contributed by atoms with Gasteiger partial charge >= 0.3 is 0 Å². The van der Waals surface area contributed by atoms with Crippen LogP contribution in [0.5, 0.6) is 0 Å². The van der Waals surface area contributed by atoms with Gasteiger partial charge in [0.25, 0.3) is 0 Å². The van der Waals surface area contributed by atoms with Crippen LogP contribution in [0.15, 0.2) is 30.3 Å². The molecule has 0 amide bonds. The minimum atomic E-state index is -3.87. The summed E-state index contributed by atoms with van der Waals surface area (Å²) >= 11 is 5.45. The molecular weight excluding hydrogens is 396 g/mol. The second kappa shape index (κ2) is 8.59. The molecule has 2 rings (SSSR count). The van der Waals surface area contributed by atoms with Gasteiger partial charge in [0.15, 0.2) is 11.6 Å². The van der Waals surface area contributed by atoms with E-state index < -0.39 is 39.8 Å². The van der Waals surface area contributed by atoms with Crippen molar-refractivity contribution in [3.63, 3.8) is 0 Å². The first kappa shape index (κ1) is 20.3. The molecule has 0 aromatic heterocycles. The van der Waals surface area contributed by atoms with E-state index >= 15 is 0 Å². The third-order valence-electron chi connectivity index (χ3n) is 3.35. The first-order valence-electron chi connectivity index (χ1n) is 7.43. The zero-order valence-corrected chi connectivity index (χ0v) is 14.9. The number of hydrogen-bond acceptors (Lipinski definition) is 3. The zero-order chi connectivity index (χ0) is 19.3. The van der Waals surface area contributed by atoms with Gasteiger partial charge in [0, 0.05) is 5.88 Å². The van der Waals surface area contributed by atoms with Gasteiger partial charge in [-0.05, 0) is 36.2 Å². The molecule has 0 saturated carbocycles. The van der Waals surface area contributed by atoms with Crippen LogP contribution in [0.25, 0.3) is 0 Å². The van der Waals surface area contributed by atoms with Gasteiger partial charge in [-0.25, -0.2) is 26.0 Å². The summed E-state index contributed by atoms with van der Waals surface area (Å²) in [6, 6.07) is 5.03. The molecule has 0 fully saturated rings. The molecule has 0 bridgehead atoms. The first-order valence-corrected chi connectivity index (χ1v) is 9.62. The Kier molecular flexibility index (Phi) is 6.71. The van der Waals surface area contributed by atoms with E-state index in [9.17, 15) is 26.0 Å². The lowest BCUT2D eigenvalue weighted by molar-refractivity contribution is 0.482. The predicted molar refractivity (Wildman–Crippen MR) is 93.6 cm³/mol. The number of alkyl halides is 2. The second-order valence-electron chi connectivity index (χ2n) is 5.32. The summed E-state index contributed by atoms with van der Waals surface area (Å²) in [5, 5.41) is 2.31. The van der Waals surface area contributed by atoms with Crippen molar-refractivity contribution in [2.45, 2.75) is 13.1 Å². The van der Waals surface area contributed by atoms with Crippen molar-refractivity contribution >= 4 is 38.7 Å². The molecule has 142 valence electrons. The van der Waals surface area contributed by atoms with Crippen LogP contribution in [-0.2, 0) is 16.7 Å². The lowest BCUT2D eigenvalue weighted by atomic mass is 10.2. The maximum atomic E-state index is 14.2. The number of sulfonamides is 1. The Morgan fingerprint density at radius 3 is 2.31 bits per heavy atom. The molecular formula is C16H15ClF4N2O2S. The standard InChI is InChI=1S/C16H15ClF4N2O2S/c17-6-1-7-26(24,25)23-14-5-3-11(19)15(21)16(14)22-13-4-2-10(9-18)8-12(13)20/h2-5,8,22-23H,1,6-7,9H2. The third-order valence-corrected chi connectivity index (χ3v) is 4.98. The van der Waals surface area contributed by atoms with Crippen LogP contribution in [0.3, 0.4) is 0 Å². The normalized spacial score (nSPS) is 11.4. The molecule has 2 aromatic carbocycles. The number of nitrogens with one attached hydrogen (secondary N) is 2. The average molecular weight is 411 g/mol. The summed E-state index contributed by atoms with van der Waals surface area (Å²) in [4.78, 5) is 0. The van der Waals surface area contributed by atoms with Crippen molar-refractivity contribution in [2.75, 3.05) is 21.7 Å². The number of halogens is 5. The highest BCUT2D eigenvalue weighted by Gasteiger charge is 2.19. The minimum absolute atomic E-state index is 0.0646. The Morgan fingerprint density at radius 2 is 1.69 bits per heavy atom. The molecule has 26 heavy (non-hydrogen) atoms. The van der Waals surface area contributed by atoms with Gasteiger partial charge in [-0.15, -0.1) is 11.6 Å². The van der Waals surface area contributed by atoms with Gasteiger partial charge in [-0.1, -0.05) is 6.07 Å². The number of benzene rings is 2. The van der Waals surface area contributed by atoms with Gasteiger partial charge in [-0.3, -0.25) is 4.72 Å². The van der Waals surface area contributed by atoms with Crippen LogP contribution in [0.1, 0.15) is 12.0 Å². The molecule has 0 radical (unpaired) electrons. The highest BCUT2D eigenvalue weighted by molar-refractivity contribution is 7.92. The summed E-state index contributed by atoms with van der Waals surface area (Å²) in [5.74, 6) is -3.77. The van der Waals surface area contributed by atoms with Crippen molar-refractivity contribution in [1.29, 1.82) is 0 Å². The van der Waals surface area contributed by atoms with E-state index in [-0.39, 0.29) is 35.0 Å². The highest BCUT2D eigenvalue weighted by Crippen LogP contribution is 2.32. The zero-order valence-electron chi connectivity index (χ0n) is 13.3. The van der Waals surface area contributed by atoms with Crippen molar-refractivity contribution in [1.82, 2.24) is 0 Å². The maximum absolute atomic E-state index is 14.2. The fraction of sp³-hybridized carbons (Fsp3) is 0.250. The molecule has 0 spiro atoms. The van der Waals surface area contributed by atoms with Crippen molar-refractivity contribution in [2.24, 2.45) is 0 Å². The lowest BCUT2D eigenvalue weighted by Gasteiger charge is -2.16. The fourth-order valence-electron chi connectivity index (χ4n) is 2.10. The molecule has 0 unspecified atom stereocenters. The number of rotatable bonds is 8. The maximum Gasteiger partial charge on any atom is 0.232 e. The largest absolute Gasteiger partial charge is 0.349 e. The Hall–Kier alpha value is -2.00. The monoisotopic (exact) mass is 410 g/mol. The van der Waals surface area contributed by atoms with Crippen LogP contribution in [-0.4, -0.2) is 20.1 Å². The van der Waals surface area contributed by atoms with E-state index in [0.717, 1.165) is 24.3 Å². The quantitative estimate of drug-likeness (QED) is 0.490. The Bertz CT molecular complexity index is 894. The van der Waals surface area contributed by atoms with E-state index in [0.29, 0.717) is 0 Å². The lowest BCUT2D eigenvalue weighted by Crippen LogP contribution is -2.18. The van der Waals surface area contributed by atoms with E-state index in [1.54, 1.807) is 0 Å². The van der Waals surface area contributed by atoms with E-state index in [2.05, 4.69) is 10.0 Å². The molecule has 0 atom stereocenters. The predicted octanol–water partition coefficient (Wildman–Crippen LogP) is 4.69. The van der Waals surface area contributed by atoms with Crippen molar-refractivity contribution < 1.29 is 26.0 Å². The summed E-state index contributed by atoms with van der Waals surface area (Å²) in [7, 11) is -3.87. The summed E-state index contributed by atoms with van der Waals surface area (Å²) < 4.78 is 80.4. The Labute approximate surface area is 153 Å².